The number of amides is 2. The molecule has 0 aliphatic rings. The van der Waals surface area contributed by atoms with Crippen molar-refractivity contribution in [3.05, 3.63) is 35.4 Å². The van der Waals surface area contributed by atoms with Crippen molar-refractivity contribution in [1.29, 1.82) is 0 Å². The molecular weight excluding hydrogens is 230 g/mol. The van der Waals surface area contributed by atoms with Gasteiger partial charge in [0.05, 0.1) is 6.61 Å². The van der Waals surface area contributed by atoms with E-state index in [1.54, 1.807) is 12.1 Å². The molecule has 4 nitrogen and oxygen atoms in total. The van der Waals surface area contributed by atoms with Crippen LogP contribution < -0.4 is 5.32 Å². The van der Waals surface area contributed by atoms with Crippen LogP contribution in [0.15, 0.2) is 24.3 Å². The Bertz CT molecular complexity index is 429. The number of hydrogen-bond donors (Lipinski definition) is 1. The minimum atomic E-state index is -0.712. The maximum Gasteiger partial charge on any atom is 0.414 e. The summed E-state index contributed by atoms with van der Waals surface area (Å²) in [6.45, 7) is 8.03. The molecule has 98 valence electrons. The molecule has 1 rings (SSSR count). The fourth-order valence-corrected chi connectivity index (χ4v) is 1.19. The summed E-state index contributed by atoms with van der Waals surface area (Å²) in [5.74, 6) is -0.450. The van der Waals surface area contributed by atoms with E-state index < -0.39 is 12.0 Å². The molecule has 0 fully saturated rings. The molecule has 0 saturated carbocycles. The fourth-order valence-electron chi connectivity index (χ4n) is 1.19. The Kier molecular flexibility index (Phi) is 4.48. The number of hydrogen-bond acceptors (Lipinski definition) is 3. The van der Waals surface area contributed by atoms with Crippen LogP contribution in [-0.2, 0) is 4.74 Å². The maximum atomic E-state index is 11.7. The molecule has 1 N–H and O–H groups in total. The number of rotatable bonds is 2. The molecule has 0 saturated heterocycles. The van der Waals surface area contributed by atoms with Crippen LogP contribution in [0.3, 0.4) is 0 Å². The second-order valence-corrected chi connectivity index (χ2v) is 5.46. The topological polar surface area (TPSA) is 55.4 Å². The van der Waals surface area contributed by atoms with Gasteiger partial charge in [-0.3, -0.25) is 10.1 Å². The van der Waals surface area contributed by atoms with Gasteiger partial charge in [-0.25, -0.2) is 4.79 Å². The summed E-state index contributed by atoms with van der Waals surface area (Å²) in [4.78, 5) is 23.1. The standard InChI is InChI=1S/C14H19NO3/c1-10-5-7-11(8-6-10)12(16)15-13(17)18-9-14(2,3)4/h5-8H,9H2,1-4H3,(H,15,16,17). The minimum absolute atomic E-state index is 0.121. The first kappa shape index (κ1) is 14.2. The normalized spacial score (nSPS) is 10.9. The fraction of sp³-hybridized carbons (Fsp3) is 0.429. The Labute approximate surface area is 107 Å². The van der Waals surface area contributed by atoms with Gasteiger partial charge in [-0.1, -0.05) is 38.5 Å². The highest BCUT2D eigenvalue weighted by atomic mass is 16.5. The van der Waals surface area contributed by atoms with Crippen LogP contribution >= 0.6 is 0 Å². The van der Waals surface area contributed by atoms with Crippen molar-refractivity contribution in [2.24, 2.45) is 5.41 Å². The van der Waals surface area contributed by atoms with E-state index in [1.165, 1.54) is 0 Å². The first-order valence-corrected chi connectivity index (χ1v) is 5.83. The lowest BCUT2D eigenvalue weighted by atomic mass is 9.99. The van der Waals surface area contributed by atoms with E-state index in [4.69, 9.17) is 4.74 Å². The molecule has 0 atom stereocenters. The third kappa shape index (κ3) is 4.99. The molecule has 0 bridgehead atoms. The number of benzene rings is 1. The third-order valence-corrected chi connectivity index (χ3v) is 2.17. The van der Waals surface area contributed by atoms with Crippen molar-refractivity contribution in [2.75, 3.05) is 6.61 Å². The number of carbonyl (C=O) groups excluding carboxylic acids is 2. The highest BCUT2D eigenvalue weighted by Gasteiger charge is 2.16. The summed E-state index contributed by atoms with van der Waals surface area (Å²) in [6, 6.07) is 6.97. The minimum Gasteiger partial charge on any atom is -0.449 e. The zero-order valence-corrected chi connectivity index (χ0v) is 11.2. The number of nitrogens with one attached hydrogen (secondary N) is 1. The summed E-state index contributed by atoms with van der Waals surface area (Å²) in [5, 5.41) is 2.19. The molecule has 0 unspecified atom stereocenters. The van der Waals surface area contributed by atoms with Crippen molar-refractivity contribution in [1.82, 2.24) is 5.32 Å². The zero-order chi connectivity index (χ0) is 13.8. The monoisotopic (exact) mass is 249 g/mol. The molecule has 0 aliphatic heterocycles. The molecule has 0 spiro atoms. The second kappa shape index (κ2) is 5.67. The highest BCUT2D eigenvalue weighted by molar-refractivity contribution is 6.02. The molecule has 4 heteroatoms. The van der Waals surface area contributed by atoms with Gasteiger partial charge in [-0.2, -0.15) is 0 Å². The van der Waals surface area contributed by atoms with Gasteiger partial charge in [-0.05, 0) is 24.5 Å². The molecule has 0 aliphatic carbocycles. The first-order chi connectivity index (χ1) is 8.28. The predicted molar refractivity (Wildman–Crippen MR) is 69.4 cm³/mol. The van der Waals surface area contributed by atoms with E-state index in [9.17, 15) is 9.59 Å². The van der Waals surface area contributed by atoms with Gasteiger partial charge in [0.2, 0.25) is 0 Å². The Morgan fingerprint density at radius 2 is 1.72 bits per heavy atom. The number of carbonyl (C=O) groups is 2. The van der Waals surface area contributed by atoms with Crippen molar-refractivity contribution in [2.45, 2.75) is 27.7 Å². The molecule has 2 amide bonds. The lowest BCUT2D eigenvalue weighted by Crippen LogP contribution is -2.33. The van der Waals surface area contributed by atoms with E-state index in [1.807, 2.05) is 39.8 Å². The van der Waals surface area contributed by atoms with Gasteiger partial charge < -0.3 is 4.74 Å². The Balaban J connectivity index is 2.50. The summed E-state index contributed by atoms with van der Waals surface area (Å²) in [6.07, 6.45) is -0.712. The largest absolute Gasteiger partial charge is 0.449 e. The summed E-state index contributed by atoms with van der Waals surface area (Å²) < 4.78 is 4.95. The predicted octanol–water partition coefficient (Wildman–Crippen LogP) is 2.91. The number of imide groups is 1. The van der Waals surface area contributed by atoms with E-state index in [-0.39, 0.29) is 12.0 Å². The summed E-state index contributed by atoms with van der Waals surface area (Å²) in [7, 11) is 0. The van der Waals surface area contributed by atoms with E-state index >= 15 is 0 Å². The van der Waals surface area contributed by atoms with Gasteiger partial charge >= 0.3 is 6.09 Å². The van der Waals surface area contributed by atoms with Crippen molar-refractivity contribution in [3.8, 4) is 0 Å². The molecule has 0 aromatic heterocycles. The van der Waals surface area contributed by atoms with Crippen molar-refractivity contribution < 1.29 is 14.3 Å². The van der Waals surface area contributed by atoms with Gasteiger partial charge in [0, 0.05) is 5.56 Å². The Morgan fingerprint density at radius 3 is 2.22 bits per heavy atom. The first-order valence-electron chi connectivity index (χ1n) is 5.83. The lowest BCUT2D eigenvalue weighted by Gasteiger charge is -2.17. The van der Waals surface area contributed by atoms with Gasteiger partial charge in [0.15, 0.2) is 0 Å². The average Bonchev–Trinajstić information content (AvgIpc) is 2.26. The molecule has 0 radical (unpaired) electrons. The summed E-state index contributed by atoms with van der Waals surface area (Å²) in [5.41, 5.74) is 1.37. The Morgan fingerprint density at radius 1 is 1.17 bits per heavy atom. The van der Waals surface area contributed by atoms with Crippen molar-refractivity contribution in [3.63, 3.8) is 0 Å². The Hall–Kier alpha value is -1.84. The molecule has 18 heavy (non-hydrogen) atoms. The van der Waals surface area contributed by atoms with Gasteiger partial charge in [0.1, 0.15) is 0 Å². The van der Waals surface area contributed by atoms with E-state index in [0.717, 1.165) is 5.56 Å². The van der Waals surface area contributed by atoms with Crippen LogP contribution in [0.25, 0.3) is 0 Å². The zero-order valence-electron chi connectivity index (χ0n) is 11.2. The molecule has 1 aromatic carbocycles. The lowest BCUT2D eigenvalue weighted by molar-refractivity contribution is 0.0855. The maximum absolute atomic E-state index is 11.7. The SMILES string of the molecule is Cc1ccc(C(=O)NC(=O)OCC(C)(C)C)cc1. The summed E-state index contributed by atoms with van der Waals surface area (Å²) >= 11 is 0. The van der Waals surface area contributed by atoms with E-state index in [0.29, 0.717) is 5.56 Å². The van der Waals surface area contributed by atoms with E-state index in [2.05, 4.69) is 5.32 Å². The molecule has 1 aromatic rings. The number of aryl methyl sites for hydroxylation is 1. The van der Waals surface area contributed by atoms with Crippen LogP contribution in [-0.4, -0.2) is 18.6 Å². The second-order valence-electron chi connectivity index (χ2n) is 5.46. The quantitative estimate of drug-likeness (QED) is 0.876. The van der Waals surface area contributed by atoms with Crippen molar-refractivity contribution >= 4 is 12.0 Å². The average molecular weight is 249 g/mol. The van der Waals surface area contributed by atoms with Crippen LogP contribution in [0.5, 0.6) is 0 Å². The smallest absolute Gasteiger partial charge is 0.414 e. The van der Waals surface area contributed by atoms with Gasteiger partial charge in [0.25, 0.3) is 5.91 Å². The molecule has 0 heterocycles. The van der Waals surface area contributed by atoms with Gasteiger partial charge in [-0.15, -0.1) is 0 Å². The number of alkyl carbamates (subject to hydrolysis) is 1. The van der Waals surface area contributed by atoms with Crippen LogP contribution in [0, 0.1) is 12.3 Å². The van der Waals surface area contributed by atoms with Crippen LogP contribution in [0.1, 0.15) is 36.7 Å². The van der Waals surface area contributed by atoms with Crippen LogP contribution in [0.4, 0.5) is 4.79 Å². The van der Waals surface area contributed by atoms with Crippen LogP contribution in [0.2, 0.25) is 0 Å². The third-order valence-electron chi connectivity index (χ3n) is 2.17. The highest BCUT2D eigenvalue weighted by Crippen LogP contribution is 2.12. The molecular formula is C14H19NO3. The number of ether oxygens (including phenoxy) is 1.